The molecule has 1 nitrogen and oxygen atoms in total. The van der Waals surface area contributed by atoms with Gasteiger partial charge in [0.2, 0.25) is 0 Å². The standard InChI is InChI=1S/C20H25N/c1-14(2)11-15-7-9-16(10-8-15)20(21)19-12-17-5-3-4-6-18(17)13-19/h3-10,14,19-20H,11-13,21H2,1-2H3. The Morgan fingerprint density at radius 2 is 1.52 bits per heavy atom. The Balaban J connectivity index is 1.70. The van der Waals surface area contributed by atoms with E-state index in [9.17, 15) is 0 Å². The van der Waals surface area contributed by atoms with Crippen LogP contribution in [0.4, 0.5) is 0 Å². The molecule has 21 heavy (non-hydrogen) atoms. The molecule has 0 fully saturated rings. The van der Waals surface area contributed by atoms with Crippen molar-refractivity contribution in [2.24, 2.45) is 17.6 Å². The van der Waals surface area contributed by atoms with Crippen molar-refractivity contribution in [2.45, 2.75) is 39.2 Å². The van der Waals surface area contributed by atoms with Crippen molar-refractivity contribution in [3.05, 3.63) is 70.8 Å². The van der Waals surface area contributed by atoms with E-state index in [2.05, 4.69) is 62.4 Å². The minimum Gasteiger partial charge on any atom is -0.324 e. The highest BCUT2D eigenvalue weighted by molar-refractivity contribution is 5.34. The van der Waals surface area contributed by atoms with Crippen LogP contribution in [0.1, 0.15) is 42.1 Å². The molecule has 0 bridgehead atoms. The molecule has 1 atom stereocenters. The van der Waals surface area contributed by atoms with Gasteiger partial charge in [0, 0.05) is 6.04 Å². The van der Waals surface area contributed by atoms with E-state index in [4.69, 9.17) is 5.73 Å². The zero-order chi connectivity index (χ0) is 14.8. The zero-order valence-corrected chi connectivity index (χ0v) is 13.0. The number of hydrogen-bond acceptors (Lipinski definition) is 1. The molecule has 3 rings (SSSR count). The molecule has 0 amide bonds. The second-order valence-electron chi connectivity index (χ2n) is 6.80. The van der Waals surface area contributed by atoms with Crippen LogP contribution in [0, 0.1) is 11.8 Å². The van der Waals surface area contributed by atoms with Gasteiger partial charge in [-0.25, -0.2) is 0 Å². The average Bonchev–Trinajstić information content (AvgIpc) is 2.90. The SMILES string of the molecule is CC(C)Cc1ccc(C(N)C2Cc3ccccc3C2)cc1. The van der Waals surface area contributed by atoms with Crippen LogP contribution in [0.5, 0.6) is 0 Å². The van der Waals surface area contributed by atoms with Gasteiger partial charge in [-0.3, -0.25) is 0 Å². The Kier molecular flexibility index (Phi) is 4.12. The van der Waals surface area contributed by atoms with Crippen LogP contribution in [0.2, 0.25) is 0 Å². The van der Waals surface area contributed by atoms with Crippen molar-refractivity contribution < 1.29 is 0 Å². The zero-order valence-electron chi connectivity index (χ0n) is 13.0. The topological polar surface area (TPSA) is 26.0 Å². The highest BCUT2D eigenvalue weighted by Crippen LogP contribution is 2.34. The van der Waals surface area contributed by atoms with Gasteiger partial charge >= 0.3 is 0 Å². The molecule has 2 aromatic carbocycles. The Labute approximate surface area is 128 Å². The van der Waals surface area contributed by atoms with Crippen molar-refractivity contribution in [2.75, 3.05) is 0 Å². The normalized spacial score (nSPS) is 16.2. The molecule has 0 saturated carbocycles. The quantitative estimate of drug-likeness (QED) is 0.887. The second kappa shape index (κ2) is 6.03. The molecule has 110 valence electrons. The first-order valence-corrected chi connectivity index (χ1v) is 8.04. The molecule has 1 heteroatoms. The maximum Gasteiger partial charge on any atom is 0.0329 e. The fourth-order valence-corrected chi connectivity index (χ4v) is 3.47. The molecule has 0 radical (unpaired) electrons. The molecule has 2 aromatic rings. The van der Waals surface area contributed by atoms with Crippen molar-refractivity contribution in [1.82, 2.24) is 0 Å². The summed E-state index contributed by atoms with van der Waals surface area (Å²) in [5, 5.41) is 0. The Morgan fingerprint density at radius 1 is 0.952 bits per heavy atom. The fourth-order valence-electron chi connectivity index (χ4n) is 3.47. The summed E-state index contributed by atoms with van der Waals surface area (Å²) >= 11 is 0. The minimum atomic E-state index is 0.144. The van der Waals surface area contributed by atoms with Crippen LogP contribution < -0.4 is 5.73 Å². The highest BCUT2D eigenvalue weighted by Gasteiger charge is 2.27. The monoisotopic (exact) mass is 279 g/mol. The predicted octanol–water partition coefficient (Wildman–Crippen LogP) is 4.30. The lowest BCUT2D eigenvalue weighted by Crippen LogP contribution is -2.21. The summed E-state index contributed by atoms with van der Waals surface area (Å²) in [6.07, 6.45) is 3.38. The van der Waals surface area contributed by atoms with Gasteiger partial charge in [-0.15, -0.1) is 0 Å². The third-order valence-electron chi connectivity index (χ3n) is 4.60. The molecule has 0 heterocycles. The molecular formula is C20H25N. The summed E-state index contributed by atoms with van der Waals surface area (Å²) in [6, 6.07) is 17.8. The van der Waals surface area contributed by atoms with Crippen molar-refractivity contribution >= 4 is 0 Å². The maximum absolute atomic E-state index is 6.53. The Hall–Kier alpha value is -1.60. The van der Waals surface area contributed by atoms with E-state index in [0.717, 1.165) is 19.3 Å². The van der Waals surface area contributed by atoms with E-state index >= 15 is 0 Å². The van der Waals surface area contributed by atoms with Crippen molar-refractivity contribution in [3.63, 3.8) is 0 Å². The van der Waals surface area contributed by atoms with Gasteiger partial charge in [0.15, 0.2) is 0 Å². The van der Waals surface area contributed by atoms with Crippen LogP contribution in [-0.2, 0) is 19.3 Å². The molecule has 1 aliphatic rings. The van der Waals surface area contributed by atoms with Crippen molar-refractivity contribution in [1.29, 1.82) is 0 Å². The summed E-state index contributed by atoms with van der Waals surface area (Å²) < 4.78 is 0. The Bertz CT molecular complexity index is 572. The van der Waals surface area contributed by atoms with Gasteiger partial charge in [-0.2, -0.15) is 0 Å². The highest BCUT2D eigenvalue weighted by atomic mass is 14.7. The molecule has 0 spiro atoms. The fraction of sp³-hybridized carbons (Fsp3) is 0.400. The molecule has 2 N–H and O–H groups in total. The molecule has 0 aliphatic heterocycles. The second-order valence-corrected chi connectivity index (χ2v) is 6.80. The third-order valence-corrected chi connectivity index (χ3v) is 4.60. The molecule has 1 aliphatic carbocycles. The smallest absolute Gasteiger partial charge is 0.0329 e. The number of rotatable bonds is 4. The minimum absolute atomic E-state index is 0.144. The van der Waals surface area contributed by atoms with Gasteiger partial charge in [-0.1, -0.05) is 62.4 Å². The van der Waals surface area contributed by atoms with E-state index in [1.807, 2.05) is 0 Å². The van der Waals surface area contributed by atoms with E-state index in [1.165, 1.54) is 22.3 Å². The van der Waals surface area contributed by atoms with Crippen molar-refractivity contribution in [3.8, 4) is 0 Å². The number of fused-ring (bicyclic) bond motifs is 1. The van der Waals surface area contributed by atoms with Crippen LogP contribution in [-0.4, -0.2) is 0 Å². The lowest BCUT2D eigenvalue weighted by Gasteiger charge is -2.19. The summed E-state index contributed by atoms with van der Waals surface area (Å²) in [7, 11) is 0. The lowest BCUT2D eigenvalue weighted by atomic mass is 9.90. The molecular weight excluding hydrogens is 254 g/mol. The van der Waals surface area contributed by atoms with Gasteiger partial charge in [0.25, 0.3) is 0 Å². The summed E-state index contributed by atoms with van der Waals surface area (Å²) in [4.78, 5) is 0. The maximum atomic E-state index is 6.53. The number of benzene rings is 2. The van der Waals surface area contributed by atoms with E-state index in [0.29, 0.717) is 11.8 Å². The van der Waals surface area contributed by atoms with E-state index in [1.54, 1.807) is 0 Å². The van der Waals surface area contributed by atoms with Crippen LogP contribution in [0.25, 0.3) is 0 Å². The van der Waals surface area contributed by atoms with E-state index in [-0.39, 0.29) is 6.04 Å². The van der Waals surface area contributed by atoms with Gasteiger partial charge in [-0.05, 0) is 53.4 Å². The average molecular weight is 279 g/mol. The van der Waals surface area contributed by atoms with E-state index < -0.39 is 0 Å². The lowest BCUT2D eigenvalue weighted by molar-refractivity contribution is 0.453. The first-order valence-electron chi connectivity index (χ1n) is 8.04. The summed E-state index contributed by atoms with van der Waals surface area (Å²) in [5.74, 6) is 1.24. The van der Waals surface area contributed by atoms with Gasteiger partial charge < -0.3 is 5.73 Å². The van der Waals surface area contributed by atoms with Crippen LogP contribution >= 0.6 is 0 Å². The van der Waals surface area contributed by atoms with Gasteiger partial charge in [0.05, 0.1) is 0 Å². The van der Waals surface area contributed by atoms with Gasteiger partial charge in [0.1, 0.15) is 0 Å². The number of hydrogen-bond donors (Lipinski definition) is 1. The summed E-state index contributed by atoms with van der Waals surface area (Å²) in [6.45, 7) is 4.52. The largest absolute Gasteiger partial charge is 0.324 e. The number of nitrogens with two attached hydrogens (primary N) is 1. The predicted molar refractivity (Wildman–Crippen MR) is 89.3 cm³/mol. The molecule has 1 unspecified atom stereocenters. The van der Waals surface area contributed by atoms with Crippen LogP contribution in [0.3, 0.4) is 0 Å². The molecule has 0 saturated heterocycles. The first-order chi connectivity index (χ1) is 10.1. The molecule has 0 aromatic heterocycles. The first kappa shape index (κ1) is 14.3. The summed E-state index contributed by atoms with van der Waals surface area (Å²) in [5.41, 5.74) is 12.2. The third kappa shape index (κ3) is 3.19. The Morgan fingerprint density at radius 3 is 2.05 bits per heavy atom. The van der Waals surface area contributed by atoms with Crippen LogP contribution in [0.15, 0.2) is 48.5 Å².